The molecule has 1 N–H and O–H groups in total. The van der Waals surface area contributed by atoms with Crippen LogP contribution in [0.25, 0.3) is 0 Å². The van der Waals surface area contributed by atoms with Crippen LogP contribution in [-0.4, -0.2) is 37.2 Å². The van der Waals surface area contributed by atoms with Gasteiger partial charge in [0, 0.05) is 27.5 Å². The van der Waals surface area contributed by atoms with Gasteiger partial charge in [-0.2, -0.15) is 5.10 Å². The molecule has 0 spiro atoms. The predicted molar refractivity (Wildman–Crippen MR) is 116 cm³/mol. The van der Waals surface area contributed by atoms with Gasteiger partial charge in [-0.05, 0) is 61.8 Å². The van der Waals surface area contributed by atoms with Crippen molar-refractivity contribution in [2.45, 2.75) is 19.4 Å². The molecular weight excluding hydrogens is 442 g/mol. The fourth-order valence-corrected chi connectivity index (χ4v) is 3.77. The van der Waals surface area contributed by atoms with Crippen LogP contribution < -0.4 is 10.2 Å². The van der Waals surface area contributed by atoms with Gasteiger partial charge < -0.3 is 4.74 Å². The van der Waals surface area contributed by atoms with E-state index in [0.29, 0.717) is 5.75 Å². The normalized spacial score (nSPS) is 15.7. The van der Waals surface area contributed by atoms with Gasteiger partial charge in [-0.3, -0.25) is 9.69 Å². The first-order valence-corrected chi connectivity index (χ1v) is 10.4. The van der Waals surface area contributed by atoms with Gasteiger partial charge >= 0.3 is 0 Å². The van der Waals surface area contributed by atoms with Crippen molar-refractivity contribution in [3.8, 4) is 5.75 Å². The van der Waals surface area contributed by atoms with Gasteiger partial charge in [-0.25, -0.2) is 5.43 Å². The summed E-state index contributed by atoms with van der Waals surface area (Å²) in [6, 6.07) is 13.6. The molecule has 1 amide bonds. The summed E-state index contributed by atoms with van der Waals surface area (Å²) < 4.78 is 6.23. The first kappa shape index (κ1) is 20.8. The minimum atomic E-state index is -0.0312. The SMILES string of the molecule is COc1ccc(Br)cc1/C=N\NC(=O)C1CCN(Cc2ccc(Cl)cc2)CC1. The number of rotatable bonds is 6. The molecule has 0 aliphatic carbocycles. The Hall–Kier alpha value is -1.89. The summed E-state index contributed by atoms with van der Waals surface area (Å²) in [6.45, 7) is 2.67. The van der Waals surface area contributed by atoms with Gasteiger partial charge in [-0.1, -0.05) is 39.7 Å². The van der Waals surface area contributed by atoms with Crippen molar-refractivity contribution in [1.82, 2.24) is 10.3 Å². The maximum Gasteiger partial charge on any atom is 0.243 e. The van der Waals surface area contributed by atoms with E-state index in [2.05, 4.69) is 31.4 Å². The lowest BCUT2D eigenvalue weighted by molar-refractivity contribution is -0.126. The van der Waals surface area contributed by atoms with Crippen LogP contribution in [0.15, 0.2) is 52.0 Å². The third-order valence-electron chi connectivity index (χ3n) is 4.85. The number of benzene rings is 2. The van der Waals surface area contributed by atoms with E-state index in [4.69, 9.17) is 16.3 Å². The highest BCUT2D eigenvalue weighted by Gasteiger charge is 2.24. The lowest BCUT2D eigenvalue weighted by Gasteiger charge is -2.30. The highest BCUT2D eigenvalue weighted by atomic mass is 79.9. The molecule has 2 aromatic rings. The van der Waals surface area contributed by atoms with Crippen LogP contribution >= 0.6 is 27.5 Å². The summed E-state index contributed by atoms with van der Waals surface area (Å²) in [5.41, 5.74) is 4.71. The fourth-order valence-electron chi connectivity index (χ4n) is 3.26. The van der Waals surface area contributed by atoms with E-state index in [-0.39, 0.29) is 11.8 Å². The number of piperidine rings is 1. The van der Waals surface area contributed by atoms with Crippen LogP contribution in [-0.2, 0) is 11.3 Å². The molecule has 3 rings (SSSR count). The summed E-state index contributed by atoms with van der Waals surface area (Å²) in [7, 11) is 1.61. The average Bonchev–Trinajstić information content (AvgIpc) is 2.70. The first-order valence-electron chi connectivity index (χ1n) is 9.18. The zero-order valence-corrected chi connectivity index (χ0v) is 18.0. The second-order valence-electron chi connectivity index (χ2n) is 6.80. The van der Waals surface area contributed by atoms with Crippen molar-refractivity contribution < 1.29 is 9.53 Å². The van der Waals surface area contributed by atoms with Crippen molar-refractivity contribution in [1.29, 1.82) is 0 Å². The molecule has 0 radical (unpaired) electrons. The topological polar surface area (TPSA) is 53.9 Å². The van der Waals surface area contributed by atoms with Crippen molar-refractivity contribution >= 4 is 39.7 Å². The number of ether oxygens (including phenoxy) is 1. The fraction of sp³-hybridized carbons (Fsp3) is 0.333. The monoisotopic (exact) mass is 463 g/mol. The summed E-state index contributed by atoms with van der Waals surface area (Å²) >= 11 is 9.36. The summed E-state index contributed by atoms with van der Waals surface area (Å²) in [4.78, 5) is 14.8. The van der Waals surface area contributed by atoms with E-state index in [0.717, 1.165) is 47.5 Å². The number of hydrogen-bond donors (Lipinski definition) is 1. The number of nitrogens with zero attached hydrogens (tertiary/aromatic N) is 2. The Labute approximate surface area is 178 Å². The molecule has 7 heteroatoms. The van der Waals surface area contributed by atoms with Gasteiger partial charge in [0.2, 0.25) is 5.91 Å². The highest BCUT2D eigenvalue weighted by molar-refractivity contribution is 9.10. The van der Waals surface area contributed by atoms with E-state index in [9.17, 15) is 4.79 Å². The Morgan fingerprint density at radius 3 is 2.68 bits per heavy atom. The van der Waals surface area contributed by atoms with Gasteiger partial charge in [-0.15, -0.1) is 0 Å². The van der Waals surface area contributed by atoms with E-state index >= 15 is 0 Å². The van der Waals surface area contributed by atoms with E-state index in [1.54, 1.807) is 13.3 Å². The number of hydrazone groups is 1. The van der Waals surface area contributed by atoms with E-state index in [1.807, 2.05) is 42.5 Å². The van der Waals surface area contributed by atoms with Crippen molar-refractivity contribution in [2.24, 2.45) is 11.0 Å². The van der Waals surface area contributed by atoms with Gasteiger partial charge in [0.15, 0.2) is 0 Å². The number of nitrogens with one attached hydrogen (secondary N) is 1. The molecule has 1 aliphatic heterocycles. The highest BCUT2D eigenvalue weighted by Crippen LogP contribution is 2.22. The molecule has 1 fully saturated rings. The molecule has 5 nitrogen and oxygen atoms in total. The Morgan fingerprint density at radius 1 is 1.29 bits per heavy atom. The van der Waals surface area contributed by atoms with E-state index < -0.39 is 0 Å². The third kappa shape index (κ3) is 5.80. The molecule has 0 aromatic heterocycles. The van der Waals surface area contributed by atoms with Gasteiger partial charge in [0.1, 0.15) is 5.75 Å². The Bertz CT molecular complexity index is 834. The second kappa shape index (κ2) is 10.0. The van der Waals surface area contributed by atoms with Crippen LogP contribution in [0.4, 0.5) is 0 Å². The van der Waals surface area contributed by atoms with Crippen LogP contribution in [0, 0.1) is 5.92 Å². The van der Waals surface area contributed by atoms with Crippen LogP contribution in [0.1, 0.15) is 24.0 Å². The zero-order chi connectivity index (χ0) is 19.9. The summed E-state index contributed by atoms with van der Waals surface area (Å²) in [6.07, 6.45) is 3.27. The zero-order valence-electron chi connectivity index (χ0n) is 15.7. The maximum absolute atomic E-state index is 12.4. The van der Waals surface area contributed by atoms with Gasteiger partial charge in [0.25, 0.3) is 0 Å². The number of hydrogen-bond acceptors (Lipinski definition) is 4. The average molecular weight is 465 g/mol. The maximum atomic E-state index is 12.4. The molecular formula is C21H23BrClN3O2. The molecule has 0 unspecified atom stereocenters. The minimum absolute atomic E-state index is 0.0111. The molecule has 1 aliphatic rings. The quantitative estimate of drug-likeness (QED) is 0.507. The Balaban J connectivity index is 1.47. The van der Waals surface area contributed by atoms with Crippen LogP contribution in [0.5, 0.6) is 5.75 Å². The number of amides is 1. The number of halogens is 2. The number of likely N-dealkylation sites (tertiary alicyclic amines) is 1. The lowest BCUT2D eigenvalue weighted by Crippen LogP contribution is -2.39. The molecule has 0 atom stereocenters. The Kier molecular flexibility index (Phi) is 7.48. The predicted octanol–water partition coefficient (Wildman–Crippen LogP) is 4.47. The van der Waals surface area contributed by atoms with Crippen molar-refractivity contribution in [3.05, 3.63) is 63.1 Å². The molecule has 148 valence electrons. The molecule has 0 bridgehead atoms. The minimum Gasteiger partial charge on any atom is -0.496 e. The molecule has 28 heavy (non-hydrogen) atoms. The largest absolute Gasteiger partial charge is 0.496 e. The third-order valence-corrected chi connectivity index (χ3v) is 5.59. The van der Waals surface area contributed by atoms with Crippen LogP contribution in [0.2, 0.25) is 5.02 Å². The van der Waals surface area contributed by atoms with Crippen molar-refractivity contribution in [2.75, 3.05) is 20.2 Å². The number of carbonyl (C=O) groups excluding carboxylic acids is 1. The summed E-state index contributed by atoms with van der Waals surface area (Å²) in [5, 5.41) is 4.86. The van der Waals surface area contributed by atoms with Crippen molar-refractivity contribution in [3.63, 3.8) is 0 Å². The first-order chi connectivity index (χ1) is 13.5. The molecule has 0 saturated carbocycles. The lowest BCUT2D eigenvalue weighted by atomic mass is 9.96. The van der Waals surface area contributed by atoms with Gasteiger partial charge in [0.05, 0.1) is 13.3 Å². The summed E-state index contributed by atoms with van der Waals surface area (Å²) in [5.74, 6) is 0.663. The number of carbonyl (C=O) groups is 1. The molecule has 2 aromatic carbocycles. The standard InChI is InChI=1S/C21H23BrClN3O2/c1-28-20-7-4-18(22)12-17(20)13-24-25-21(27)16-8-10-26(11-9-16)14-15-2-5-19(23)6-3-15/h2-7,12-13,16H,8-11,14H2,1H3,(H,25,27)/b24-13-. The smallest absolute Gasteiger partial charge is 0.243 e. The second-order valence-corrected chi connectivity index (χ2v) is 8.15. The van der Waals surface area contributed by atoms with E-state index in [1.165, 1.54) is 5.56 Å². The van der Waals surface area contributed by atoms with Crippen LogP contribution in [0.3, 0.4) is 0 Å². The Morgan fingerprint density at radius 2 is 2.00 bits per heavy atom. The number of methoxy groups -OCH3 is 1. The molecule has 1 heterocycles. The molecule has 1 saturated heterocycles.